The number of nitrogens with two attached hydrogens (primary N) is 1. The Morgan fingerprint density at radius 2 is 2.27 bits per heavy atom. The Balaban J connectivity index is 2.78. The highest BCUT2D eigenvalue weighted by molar-refractivity contribution is 7.99. The molecule has 0 bridgehead atoms. The summed E-state index contributed by atoms with van der Waals surface area (Å²) in [5.41, 5.74) is 5.33. The van der Waals surface area contributed by atoms with E-state index in [0.717, 1.165) is 10.8 Å². The van der Waals surface area contributed by atoms with Crippen LogP contribution in [0.2, 0.25) is 0 Å². The quantitative estimate of drug-likeness (QED) is 0.485. The standard InChI is InChI=1S/C9H13N3O2S/c1-6(2)5-15-8-4-3-7(12(13)14)9(10)11-8/h3-4,6H,5H2,1-2H3,(H2,10,11). The number of aromatic nitrogens is 1. The average molecular weight is 227 g/mol. The maximum Gasteiger partial charge on any atom is 0.311 e. The normalized spacial score (nSPS) is 10.6. The second-order valence-corrected chi connectivity index (χ2v) is 4.56. The van der Waals surface area contributed by atoms with Crippen molar-refractivity contribution in [2.24, 2.45) is 5.92 Å². The number of thioether (sulfide) groups is 1. The van der Waals surface area contributed by atoms with E-state index < -0.39 is 4.92 Å². The minimum absolute atomic E-state index is 0.0197. The lowest BCUT2D eigenvalue weighted by atomic mass is 10.3. The molecule has 0 saturated heterocycles. The van der Waals surface area contributed by atoms with E-state index in [-0.39, 0.29) is 11.5 Å². The molecule has 1 aromatic rings. The van der Waals surface area contributed by atoms with Gasteiger partial charge in [0, 0.05) is 11.8 Å². The third kappa shape index (κ3) is 3.39. The Labute approximate surface area is 92.2 Å². The lowest BCUT2D eigenvalue weighted by Gasteiger charge is -2.04. The van der Waals surface area contributed by atoms with E-state index in [9.17, 15) is 10.1 Å². The van der Waals surface area contributed by atoms with Crippen LogP contribution in [0.5, 0.6) is 0 Å². The van der Waals surface area contributed by atoms with E-state index >= 15 is 0 Å². The molecule has 1 aromatic heterocycles. The molecule has 0 saturated carbocycles. The Morgan fingerprint density at radius 1 is 1.60 bits per heavy atom. The highest BCUT2D eigenvalue weighted by Gasteiger charge is 2.12. The third-order valence-electron chi connectivity index (χ3n) is 1.64. The highest BCUT2D eigenvalue weighted by atomic mass is 32.2. The lowest BCUT2D eigenvalue weighted by molar-refractivity contribution is -0.384. The number of nitro groups is 1. The van der Waals surface area contributed by atoms with E-state index in [4.69, 9.17) is 5.73 Å². The fourth-order valence-electron chi connectivity index (χ4n) is 0.936. The van der Waals surface area contributed by atoms with E-state index in [0.29, 0.717) is 5.92 Å². The summed E-state index contributed by atoms with van der Waals surface area (Å²) >= 11 is 1.55. The van der Waals surface area contributed by atoms with Crippen molar-refractivity contribution in [1.29, 1.82) is 0 Å². The number of nitrogen functional groups attached to an aromatic ring is 1. The van der Waals surface area contributed by atoms with Crippen molar-refractivity contribution in [1.82, 2.24) is 4.98 Å². The fraction of sp³-hybridized carbons (Fsp3) is 0.444. The number of rotatable bonds is 4. The average Bonchev–Trinajstić information content (AvgIpc) is 2.14. The van der Waals surface area contributed by atoms with Gasteiger partial charge in [0.15, 0.2) is 0 Å². The summed E-state index contributed by atoms with van der Waals surface area (Å²) in [6.07, 6.45) is 0. The van der Waals surface area contributed by atoms with E-state index in [2.05, 4.69) is 18.8 Å². The van der Waals surface area contributed by atoms with Crippen molar-refractivity contribution in [3.05, 3.63) is 22.2 Å². The second kappa shape index (κ2) is 4.97. The molecule has 1 rings (SSSR count). The van der Waals surface area contributed by atoms with Gasteiger partial charge in [0.1, 0.15) is 0 Å². The molecular formula is C9H13N3O2S. The zero-order chi connectivity index (χ0) is 11.4. The van der Waals surface area contributed by atoms with Crippen LogP contribution < -0.4 is 5.73 Å². The van der Waals surface area contributed by atoms with Gasteiger partial charge < -0.3 is 5.73 Å². The summed E-state index contributed by atoms with van der Waals surface area (Å²) in [6, 6.07) is 3.02. The van der Waals surface area contributed by atoms with Crippen molar-refractivity contribution < 1.29 is 4.92 Å². The first kappa shape index (κ1) is 11.8. The molecule has 0 amide bonds. The zero-order valence-corrected chi connectivity index (χ0v) is 9.45. The fourth-order valence-corrected chi connectivity index (χ4v) is 1.77. The smallest absolute Gasteiger partial charge is 0.311 e. The van der Waals surface area contributed by atoms with Crippen LogP contribution in [0.3, 0.4) is 0 Å². The van der Waals surface area contributed by atoms with Crippen LogP contribution in [0.15, 0.2) is 17.2 Å². The molecule has 0 aliphatic rings. The summed E-state index contributed by atoms with van der Waals surface area (Å²) in [6.45, 7) is 4.20. The summed E-state index contributed by atoms with van der Waals surface area (Å²) < 4.78 is 0. The van der Waals surface area contributed by atoms with Crippen LogP contribution in [0.1, 0.15) is 13.8 Å². The van der Waals surface area contributed by atoms with Gasteiger partial charge in [-0.05, 0) is 12.0 Å². The number of hydrogen-bond donors (Lipinski definition) is 1. The van der Waals surface area contributed by atoms with Crippen molar-refractivity contribution in [3.8, 4) is 0 Å². The topological polar surface area (TPSA) is 82.0 Å². The van der Waals surface area contributed by atoms with Gasteiger partial charge in [-0.1, -0.05) is 13.8 Å². The molecule has 5 nitrogen and oxygen atoms in total. The first-order valence-electron chi connectivity index (χ1n) is 4.54. The molecule has 6 heteroatoms. The second-order valence-electron chi connectivity index (χ2n) is 3.52. The Bertz CT molecular complexity index is 368. The monoisotopic (exact) mass is 227 g/mol. The highest BCUT2D eigenvalue weighted by Crippen LogP contribution is 2.24. The molecule has 0 spiro atoms. The Morgan fingerprint density at radius 3 is 2.73 bits per heavy atom. The molecule has 0 aromatic carbocycles. The van der Waals surface area contributed by atoms with Crippen LogP contribution in [0.4, 0.5) is 11.5 Å². The molecule has 0 radical (unpaired) electrons. The molecule has 0 fully saturated rings. The maximum atomic E-state index is 10.5. The van der Waals surface area contributed by atoms with Gasteiger partial charge in [-0.3, -0.25) is 10.1 Å². The van der Waals surface area contributed by atoms with Crippen molar-refractivity contribution in [2.75, 3.05) is 11.5 Å². The van der Waals surface area contributed by atoms with Gasteiger partial charge in [0.05, 0.1) is 9.95 Å². The number of nitrogens with zero attached hydrogens (tertiary/aromatic N) is 2. The van der Waals surface area contributed by atoms with Crippen molar-refractivity contribution >= 4 is 23.3 Å². The molecular weight excluding hydrogens is 214 g/mol. The molecule has 82 valence electrons. The van der Waals surface area contributed by atoms with Crippen LogP contribution in [-0.4, -0.2) is 15.7 Å². The predicted molar refractivity (Wildman–Crippen MR) is 60.9 cm³/mol. The minimum atomic E-state index is -0.529. The molecule has 15 heavy (non-hydrogen) atoms. The Hall–Kier alpha value is -1.30. The predicted octanol–water partition coefficient (Wildman–Crippen LogP) is 2.32. The van der Waals surface area contributed by atoms with Gasteiger partial charge in [-0.25, -0.2) is 4.98 Å². The van der Waals surface area contributed by atoms with E-state index in [1.807, 2.05) is 0 Å². The molecule has 0 aliphatic heterocycles. The number of pyridine rings is 1. The first-order chi connectivity index (χ1) is 7.00. The largest absolute Gasteiger partial charge is 0.378 e. The summed E-state index contributed by atoms with van der Waals surface area (Å²) in [4.78, 5) is 13.9. The van der Waals surface area contributed by atoms with Crippen LogP contribution >= 0.6 is 11.8 Å². The van der Waals surface area contributed by atoms with Crippen LogP contribution in [0, 0.1) is 16.0 Å². The SMILES string of the molecule is CC(C)CSc1ccc([N+](=O)[O-])c(N)n1. The van der Waals surface area contributed by atoms with Gasteiger partial charge in [0.2, 0.25) is 5.82 Å². The third-order valence-corrected chi connectivity index (χ3v) is 2.99. The van der Waals surface area contributed by atoms with Crippen LogP contribution in [-0.2, 0) is 0 Å². The number of anilines is 1. The Kier molecular flexibility index (Phi) is 3.90. The molecule has 0 unspecified atom stereocenters. The van der Waals surface area contributed by atoms with Gasteiger partial charge >= 0.3 is 5.69 Å². The molecule has 0 atom stereocenters. The maximum absolute atomic E-state index is 10.5. The summed E-state index contributed by atoms with van der Waals surface area (Å²) in [5, 5.41) is 11.2. The van der Waals surface area contributed by atoms with Gasteiger partial charge in [0.25, 0.3) is 0 Å². The van der Waals surface area contributed by atoms with Crippen LogP contribution in [0.25, 0.3) is 0 Å². The molecule has 2 N–H and O–H groups in total. The van der Waals surface area contributed by atoms with Crippen molar-refractivity contribution in [2.45, 2.75) is 18.9 Å². The van der Waals surface area contributed by atoms with Crippen molar-refractivity contribution in [3.63, 3.8) is 0 Å². The van der Waals surface area contributed by atoms with Gasteiger partial charge in [-0.2, -0.15) is 0 Å². The first-order valence-corrected chi connectivity index (χ1v) is 5.53. The zero-order valence-electron chi connectivity index (χ0n) is 8.64. The minimum Gasteiger partial charge on any atom is -0.378 e. The van der Waals surface area contributed by atoms with Gasteiger partial charge in [-0.15, -0.1) is 11.8 Å². The molecule has 0 aliphatic carbocycles. The van der Waals surface area contributed by atoms with E-state index in [1.165, 1.54) is 6.07 Å². The summed E-state index contributed by atoms with van der Waals surface area (Å²) in [7, 11) is 0. The lowest BCUT2D eigenvalue weighted by Crippen LogP contribution is -1.99. The summed E-state index contributed by atoms with van der Waals surface area (Å²) in [5.74, 6) is 1.45. The number of hydrogen-bond acceptors (Lipinski definition) is 5. The van der Waals surface area contributed by atoms with E-state index in [1.54, 1.807) is 17.8 Å². The molecule has 1 heterocycles.